The quantitative estimate of drug-likeness (QED) is 0.242. The fourth-order valence-electron chi connectivity index (χ4n) is 5.66. The second-order valence-electron chi connectivity index (χ2n) is 8.95. The maximum atomic E-state index is 6.45. The van der Waals surface area contributed by atoms with Gasteiger partial charge in [-0.2, -0.15) is 0 Å². The average molecular weight is 418 g/mol. The molecule has 0 N–H and O–H groups in total. The van der Waals surface area contributed by atoms with E-state index in [9.17, 15) is 0 Å². The first-order valence-electron chi connectivity index (χ1n) is 11.4. The van der Waals surface area contributed by atoms with Gasteiger partial charge in [-0.05, 0) is 67.0 Å². The second-order valence-corrected chi connectivity index (χ2v) is 8.95. The van der Waals surface area contributed by atoms with Crippen LogP contribution in [-0.2, 0) is 0 Å². The molecule has 0 unspecified atom stereocenters. The van der Waals surface area contributed by atoms with Crippen LogP contribution in [0.15, 0.2) is 114 Å². The SMILES string of the molecule is c1ccc2c(c1)ccc1c3ccc(-c4ccc5ccc6cccc7ccc4c5c67)cc3oc21. The standard InChI is InChI=1S/C32H18O/c1-2-7-25-19(4-1)10-17-28-26-15-13-23(18-29(26)33-32(25)28)24-14-11-22-9-8-20-5-3-6-21-12-16-27(24)31(22)30(20)21/h1-18H. The molecule has 0 aliphatic carbocycles. The van der Waals surface area contributed by atoms with Crippen molar-refractivity contribution in [3.8, 4) is 11.1 Å². The van der Waals surface area contributed by atoms with E-state index in [1.54, 1.807) is 0 Å². The van der Waals surface area contributed by atoms with Crippen LogP contribution in [0.5, 0.6) is 0 Å². The van der Waals surface area contributed by atoms with E-state index in [2.05, 4.69) is 109 Å². The maximum Gasteiger partial charge on any atom is 0.143 e. The van der Waals surface area contributed by atoms with Crippen LogP contribution in [0.3, 0.4) is 0 Å². The predicted molar refractivity (Wildman–Crippen MR) is 140 cm³/mol. The van der Waals surface area contributed by atoms with Crippen molar-refractivity contribution in [3.63, 3.8) is 0 Å². The lowest BCUT2D eigenvalue weighted by Crippen LogP contribution is -1.87. The lowest BCUT2D eigenvalue weighted by molar-refractivity contribution is 0.673. The summed E-state index contributed by atoms with van der Waals surface area (Å²) < 4.78 is 6.45. The predicted octanol–water partition coefficient (Wildman–Crippen LogP) is 9.30. The van der Waals surface area contributed by atoms with Crippen molar-refractivity contribution < 1.29 is 4.42 Å². The van der Waals surface area contributed by atoms with Gasteiger partial charge in [0.05, 0.1) is 0 Å². The van der Waals surface area contributed by atoms with Crippen molar-refractivity contribution in [1.29, 1.82) is 0 Å². The van der Waals surface area contributed by atoms with Crippen LogP contribution >= 0.6 is 0 Å². The highest BCUT2D eigenvalue weighted by Gasteiger charge is 2.14. The molecule has 7 aromatic carbocycles. The van der Waals surface area contributed by atoms with Crippen LogP contribution in [-0.4, -0.2) is 0 Å². The van der Waals surface area contributed by atoms with E-state index in [-0.39, 0.29) is 0 Å². The molecule has 0 bridgehead atoms. The highest BCUT2D eigenvalue weighted by atomic mass is 16.3. The molecule has 1 heterocycles. The number of hydrogen-bond donors (Lipinski definition) is 0. The lowest BCUT2D eigenvalue weighted by Gasteiger charge is -2.14. The number of furan rings is 1. The smallest absolute Gasteiger partial charge is 0.143 e. The molecule has 8 aromatic rings. The van der Waals surface area contributed by atoms with Gasteiger partial charge in [-0.1, -0.05) is 91.0 Å². The van der Waals surface area contributed by atoms with Crippen molar-refractivity contribution in [2.75, 3.05) is 0 Å². The Kier molecular flexibility index (Phi) is 3.19. The highest BCUT2D eigenvalue weighted by Crippen LogP contribution is 2.41. The van der Waals surface area contributed by atoms with E-state index < -0.39 is 0 Å². The monoisotopic (exact) mass is 418 g/mol. The number of rotatable bonds is 1. The molecular weight excluding hydrogens is 400 g/mol. The van der Waals surface area contributed by atoms with Gasteiger partial charge >= 0.3 is 0 Å². The minimum absolute atomic E-state index is 0.935. The van der Waals surface area contributed by atoms with Crippen molar-refractivity contribution in [2.24, 2.45) is 0 Å². The molecule has 1 nitrogen and oxygen atoms in total. The molecule has 8 rings (SSSR count). The molecule has 1 aromatic heterocycles. The van der Waals surface area contributed by atoms with Crippen molar-refractivity contribution in [2.45, 2.75) is 0 Å². The molecule has 0 radical (unpaired) electrons. The highest BCUT2D eigenvalue weighted by molar-refractivity contribution is 6.25. The second kappa shape index (κ2) is 6.11. The summed E-state index contributed by atoms with van der Waals surface area (Å²) in [6.07, 6.45) is 0. The number of benzene rings is 7. The van der Waals surface area contributed by atoms with Crippen molar-refractivity contribution in [1.82, 2.24) is 0 Å². The Hall–Kier alpha value is -4.36. The Bertz CT molecular complexity index is 2010. The largest absolute Gasteiger partial charge is 0.455 e. The summed E-state index contributed by atoms with van der Waals surface area (Å²) in [5, 5.41) is 12.6. The van der Waals surface area contributed by atoms with Crippen LogP contribution in [0.25, 0.3) is 76.2 Å². The van der Waals surface area contributed by atoms with Gasteiger partial charge in [-0.3, -0.25) is 0 Å². The molecule has 0 atom stereocenters. The molecule has 1 heteroatoms. The van der Waals surface area contributed by atoms with E-state index in [4.69, 9.17) is 4.42 Å². The van der Waals surface area contributed by atoms with Gasteiger partial charge in [0.1, 0.15) is 11.2 Å². The van der Waals surface area contributed by atoms with Crippen molar-refractivity contribution in [3.05, 3.63) is 109 Å². The van der Waals surface area contributed by atoms with Crippen LogP contribution in [0.4, 0.5) is 0 Å². The average Bonchev–Trinajstić information content (AvgIpc) is 3.25. The molecule has 0 aliphatic rings. The molecule has 0 amide bonds. The summed E-state index contributed by atoms with van der Waals surface area (Å²) in [4.78, 5) is 0. The summed E-state index contributed by atoms with van der Waals surface area (Å²) in [7, 11) is 0. The van der Waals surface area contributed by atoms with E-state index in [1.165, 1.54) is 54.2 Å². The molecule has 0 fully saturated rings. The number of fused-ring (bicyclic) bond motifs is 5. The number of hydrogen-bond acceptors (Lipinski definition) is 1. The molecule has 0 aliphatic heterocycles. The van der Waals surface area contributed by atoms with E-state index in [1.807, 2.05) is 0 Å². The van der Waals surface area contributed by atoms with Gasteiger partial charge < -0.3 is 4.42 Å². The first-order valence-corrected chi connectivity index (χ1v) is 11.4. The zero-order valence-corrected chi connectivity index (χ0v) is 17.8. The van der Waals surface area contributed by atoms with E-state index in [0.717, 1.165) is 21.9 Å². The molecule has 0 spiro atoms. The summed E-state index contributed by atoms with van der Waals surface area (Å²) in [5.74, 6) is 0. The maximum absolute atomic E-state index is 6.45. The van der Waals surface area contributed by atoms with Gasteiger partial charge in [-0.25, -0.2) is 0 Å². The van der Waals surface area contributed by atoms with Gasteiger partial charge in [0.25, 0.3) is 0 Å². The van der Waals surface area contributed by atoms with Gasteiger partial charge in [0, 0.05) is 16.2 Å². The third kappa shape index (κ3) is 2.26. The van der Waals surface area contributed by atoms with E-state index >= 15 is 0 Å². The normalized spacial score (nSPS) is 12.2. The third-order valence-electron chi connectivity index (χ3n) is 7.20. The minimum Gasteiger partial charge on any atom is -0.455 e. The Morgan fingerprint density at radius 2 is 1.09 bits per heavy atom. The van der Waals surface area contributed by atoms with Crippen LogP contribution in [0.2, 0.25) is 0 Å². The van der Waals surface area contributed by atoms with E-state index in [0.29, 0.717) is 0 Å². The lowest BCUT2D eigenvalue weighted by atomic mass is 9.90. The van der Waals surface area contributed by atoms with Gasteiger partial charge in [0.15, 0.2) is 0 Å². The molecule has 0 saturated carbocycles. The Labute approximate surface area is 189 Å². The summed E-state index contributed by atoms with van der Waals surface area (Å²) in [6.45, 7) is 0. The van der Waals surface area contributed by atoms with Crippen LogP contribution < -0.4 is 0 Å². The van der Waals surface area contributed by atoms with Crippen LogP contribution in [0.1, 0.15) is 0 Å². The fraction of sp³-hybridized carbons (Fsp3) is 0. The summed E-state index contributed by atoms with van der Waals surface area (Å²) in [6, 6.07) is 39.5. The van der Waals surface area contributed by atoms with Gasteiger partial charge in [0.2, 0.25) is 0 Å². The zero-order valence-electron chi connectivity index (χ0n) is 17.8. The van der Waals surface area contributed by atoms with Crippen LogP contribution in [0, 0.1) is 0 Å². The van der Waals surface area contributed by atoms with Gasteiger partial charge in [-0.15, -0.1) is 0 Å². The molecule has 33 heavy (non-hydrogen) atoms. The first kappa shape index (κ1) is 17.2. The topological polar surface area (TPSA) is 13.1 Å². The third-order valence-corrected chi connectivity index (χ3v) is 7.20. The van der Waals surface area contributed by atoms with Crippen molar-refractivity contribution >= 4 is 65.0 Å². The fourth-order valence-corrected chi connectivity index (χ4v) is 5.66. The summed E-state index contributed by atoms with van der Waals surface area (Å²) >= 11 is 0. The first-order chi connectivity index (χ1) is 16.3. The summed E-state index contributed by atoms with van der Waals surface area (Å²) in [5.41, 5.74) is 4.33. The Balaban J connectivity index is 1.44. The zero-order chi connectivity index (χ0) is 21.5. The Morgan fingerprint density at radius 1 is 0.424 bits per heavy atom. The Morgan fingerprint density at radius 3 is 2.00 bits per heavy atom. The molecule has 0 saturated heterocycles. The molecular formula is C32H18O. The molecule has 152 valence electrons. The minimum atomic E-state index is 0.935.